The molecule has 176 valence electrons. The van der Waals surface area contributed by atoms with Crippen LogP contribution in [0.25, 0.3) is 23.0 Å². The van der Waals surface area contributed by atoms with Crippen molar-refractivity contribution in [2.45, 2.75) is 13.3 Å². The normalized spacial score (nSPS) is 11.1. The maximum atomic E-state index is 6.29. The smallest absolute Gasteiger partial charge is 0.0709 e. The van der Waals surface area contributed by atoms with E-state index in [9.17, 15) is 0 Å². The molecule has 1 heterocycles. The lowest BCUT2D eigenvalue weighted by atomic mass is 10.1. The average molecular weight is 455 g/mol. The summed E-state index contributed by atoms with van der Waals surface area (Å²) in [6, 6.07) is 21.5. The Morgan fingerprint density at radius 1 is 0.971 bits per heavy atom. The second-order valence-electron chi connectivity index (χ2n) is 7.96. The summed E-state index contributed by atoms with van der Waals surface area (Å²) in [6.07, 6.45) is 2.86. The number of aromatic nitrogens is 1. The summed E-state index contributed by atoms with van der Waals surface area (Å²) >= 11 is 0. The summed E-state index contributed by atoms with van der Waals surface area (Å²) in [4.78, 5) is 4.69. The van der Waals surface area contributed by atoms with Crippen LogP contribution >= 0.6 is 0 Å². The molecule has 0 bridgehead atoms. The zero-order chi connectivity index (χ0) is 24.3. The molecule has 1 aromatic heterocycles. The van der Waals surface area contributed by atoms with E-state index in [0.717, 1.165) is 65.6 Å². The number of nitrogens with two attached hydrogens (primary N) is 2. The van der Waals surface area contributed by atoms with Crippen molar-refractivity contribution in [3.05, 3.63) is 103 Å². The van der Waals surface area contributed by atoms with E-state index in [1.807, 2.05) is 72.8 Å². The van der Waals surface area contributed by atoms with Crippen LogP contribution in [0.15, 0.2) is 91.3 Å². The number of pyridine rings is 1. The third-order valence-electron chi connectivity index (χ3n) is 5.28. The number of nitrogens with zero attached hydrogens (tertiary/aromatic N) is 1. The highest BCUT2D eigenvalue weighted by molar-refractivity contribution is 5.67. The van der Waals surface area contributed by atoms with Crippen LogP contribution < -0.4 is 27.4 Å². The van der Waals surface area contributed by atoms with Crippen molar-refractivity contribution in [1.82, 2.24) is 15.6 Å². The average Bonchev–Trinajstić information content (AvgIpc) is 2.85. The fraction of sp³-hybridized carbons (Fsp3) is 0.179. The number of hydrogen-bond donors (Lipinski definition) is 5. The molecule has 0 atom stereocenters. The molecule has 0 fully saturated rings. The first-order valence-corrected chi connectivity index (χ1v) is 11.5. The standard InChI is InChI=1S/C28H34N6/c1-4-31-17-6-18-32-20(2)22-11-15-25(16-12-22)33-21(3)27(30)19-26-7-5-8-28(34-26)23-9-13-24(29)14-10-23/h5,7-16,19,31-33H,2-4,6,17-18,29-30H2,1H3/b27-19-. The van der Waals surface area contributed by atoms with Crippen molar-refractivity contribution in [3.8, 4) is 11.3 Å². The third kappa shape index (κ3) is 7.25. The van der Waals surface area contributed by atoms with Gasteiger partial charge in [0.2, 0.25) is 0 Å². The summed E-state index contributed by atoms with van der Waals surface area (Å²) in [5.74, 6) is 0. The van der Waals surface area contributed by atoms with Gasteiger partial charge in [-0.1, -0.05) is 50.4 Å². The Labute approximate surface area is 202 Å². The summed E-state index contributed by atoms with van der Waals surface area (Å²) in [5, 5.41) is 9.94. The first kappa shape index (κ1) is 24.6. The number of nitrogen functional groups attached to an aromatic ring is 1. The van der Waals surface area contributed by atoms with Gasteiger partial charge in [0.1, 0.15) is 0 Å². The van der Waals surface area contributed by atoms with Crippen LogP contribution in [-0.4, -0.2) is 24.6 Å². The van der Waals surface area contributed by atoms with Crippen molar-refractivity contribution in [1.29, 1.82) is 0 Å². The van der Waals surface area contributed by atoms with E-state index < -0.39 is 0 Å². The molecule has 0 unspecified atom stereocenters. The van der Waals surface area contributed by atoms with Crippen molar-refractivity contribution in [2.75, 3.05) is 30.7 Å². The molecule has 34 heavy (non-hydrogen) atoms. The highest BCUT2D eigenvalue weighted by atomic mass is 14.9. The van der Waals surface area contributed by atoms with Crippen molar-refractivity contribution in [3.63, 3.8) is 0 Å². The van der Waals surface area contributed by atoms with E-state index in [0.29, 0.717) is 11.4 Å². The molecule has 0 amide bonds. The second-order valence-corrected chi connectivity index (χ2v) is 7.96. The highest BCUT2D eigenvalue weighted by Crippen LogP contribution is 2.21. The van der Waals surface area contributed by atoms with E-state index >= 15 is 0 Å². The van der Waals surface area contributed by atoms with E-state index in [4.69, 9.17) is 11.5 Å². The second kappa shape index (κ2) is 12.3. The molecule has 0 aliphatic carbocycles. The van der Waals surface area contributed by atoms with E-state index in [1.54, 1.807) is 0 Å². The number of rotatable bonds is 12. The molecule has 0 spiro atoms. The molecule has 6 heteroatoms. The van der Waals surface area contributed by atoms with E-state index in [1.165, 1.54) is 0 Å². The van der Waals surface area contributed by atoms with Crippen LogP contribution in [0.1, 0.15) is 24.6 Å². The van der Waals surface area contributed by atoms with Gasteiger partial charge in [0.15, 0.2) is 0 Å². The van der Waals surface area contributed by atoms with Crippen LogP contribution in [0, 0.1) is 0 Å². The molecule has 3 rings (SSSR count). The number of hydrogen-bond acceptors (Lipinski definition) is 6. The fourth-order valence-corrected chi connectivity index (χ4v) is 3.33. The highest BCUT2D eigenvalue weighted by Gasteiger charge is 2.04. The quantitative estimate of drug-likeness (QED) is 0.153. The number of anilines is 2. The Balaban J connectivity index is 1.58. The van der Waals surface area contributed by atoms with Gasteiger partial charge in [-0.05, 0) is 67.5 Å². The minimum atomic E-state index is 0.512. The zero-order valence-corrected chi connectivity index (χ0v) is 19.8. The molecule has 2 aromatic carbocycles. The van der Waals surface area contributed by atoms with Gasteiger partial charge in [0, 0.05) is 29.2 Å². The summed E-state index contributed by atoms with van der Waals surface area (Å²) in [7, 11) is 0. The van der Waals surface area contributed by atoms with Crippen LogP contribution in [0.3, 0.4) is 0 Å². The summed E-state index contributed by atoms with van der Waals surface area (Å²) < 4.78 is 0. The predicted molar refractivity (Wildman–Crippen MR) is 146 cm³/mol. The minimum Gasteiger partial charge on any atom is -0.399 e. The lowest BCUT2D eigenvalue weighted by Gasteiger charge is -2.13. The SMILES string of the molecule is C=C(Nc1ccc(C(=C)NCCCNCC)cc1)/C(N)=C/c1cccc(-c2ccc(N)cc2)n1. The Bertz CT molecular complexity index is 1130. The van der Waals surface area contributed by atoms with Gasteiger partial charge in [-0.3, -0.25) is 0 Å². The molecule has 0 radical (unpaired) electrons. The Hall–Kier alpha value is -4.03. The number of benzene rings is 2. The molecule has 6 nitrogen and oxygen atoms in total. The zero-order valence-electron chi connectivity index (χ0n) is 19.8. The molecule has 0 aliphatic heterocycles. The lowest BCUT2D eigenvalue weighted by Crippen LogP contribution is -2.20. The Morgan fingerprint density at radius 2 is 1.71 bits per heavy atom. The summed E-state index contributed by atoms with van der Waals surface area (Å²) in [6.45, 7) is 13.2. The topological polar surface area (TPSA) is 101 Å². The Kier molecular flexibility index (Phi) is 8.88. The van der Waals surface area contributed by atoms with Crippen LogP contribution in [0.4, 0.5) is 11.4 Å². The molecular formula is C28H34N6. The Morgan fingerprint density at radius 3 is 2.41 bits per heavy atom. The van der Waals surface area contributed by atoms with Crippen LogP contribution in [0.2, 0.25) is 0 Å². The van der Waals surface area contributed by atoms with Gasteiger partial charge < -0.3 is 27.4 Å². The first-order chi connectivity index (χ1) is 16.5. The first-order valence-electron chi connectivity index (χ1n) is 11.5. The monoisotopic (exact) mass is 454 g/mol. The third-order valence-corrected chi connectivity index (χ3v) is 5.28. The van der Waals surface area contributed by atoms with Crippen LogP contribution in [0.5, 0.6) is 0 Å². The maximum absolute atomic E-state index is 6.29. The number of nitrogens with one attached hydrogen (secondary N) is 3. The van der Waals surface area contributed by atoms with Crippen LogP contribution in [-0.2, 0) is 0 Å². The van der Waals surface area contributed by atoms with Crippen molar-refractivity contribution < 1.29 is 0 Å². The predicted octanol–water partition coefficient (Wildman–Crippen LogP) is 4.82. The van der Waals surface area contributed by atoms with Gasteiger partial charge in [-0.2, -0.15) is 0 Å². The van der Waals surface area contributed by atoms with Gasteiger partial charge in [0.25, 0.3) is 0 Å². The van der Waals surface area contributed by atoms with Gasteiger partial charge in [-0.15, -0.1) is 0 Å². The molecule has 0 saturated heterocycles. The fourth-order valence-electron chi connectivity index (χ4n) is 3.33. The van der Waals surface area contributed by atoms with E-state index in [2.05, 4.69) is 41.0 Å². The summed E-state index contributed by atoms with van der Waals surface area (Å²) in [5.41, 5.74) is 19.4. The molecule has 3 aromatic rings. The molecular weight excluding hydrogens is 420 g/mol. The van der Waals surface area contributed by atoms with Gasteiger partial charge in [0.05, 0.1) is 22.8 Å². The molecule has 0 aliphatic rings. The largest absolute Gasteiger partial charge is 0.399 e. The van der Waals surface area contributed by atoms with Gasteiger partial charge >= 0.3 is 0 Å². The lowest BCUT2D eigenvalue weighted by molar-refractivity contribution is 0.657. The van der Waals surface area contributed by atoms with Crippen molar-refractivity contribution in [2.24, 2.45) is 5.73 Å². The van der Waals surface area contributed by atoms with Gasteiger partial charge in [-0.25, -0.2) is 4.98 Å². The molecule has 0 saturated carbocycles. The molecule has 7 N–H and O–H groups in total. The maximum Gasteiger partial charge on any atom is 0.0709 e. The minimum absolute atomic E-state index is 0.512. The van der Waals surface area contributed by atoms with Crippen molar-refractivity contribution >= 4 is 23.1 Å². The van der Waals surface area contributed by atoms with E-state index in [-0.39, 0.29) is 0 Å².